The summed E-state index contributed by atoms with van der Waals surface area (Å²) in [5.41, 5.74) is 1.90. The Morgan fingerprint density at radius 3 is 3.11 bits per heavy atom. The molecule has 1 atom stereocenters. The van der Waals surface area contributed by atoms with Gasteiger partial charge in [0.15, 0.2) is 0 Å². The van der Waals surface area contributed by atoms with Crippen LogP contribution in [0.3, 0.4) is 0 Å². The van der Waals surface area contributed by atoms with E-state index in [0.717, 1.165) is 25.0 Å². The summed E-state index contributed by atoms with van der Waals surface area (Å²) in [6.45, 7) is 3.04. The number of phenols is 1. The smallest absolute Gasteiger partial charge is 0.141 e. The first-order valence-corrected chi connectivity index (χ1v) is 6.24. The van der Waals surface area contributed by atoms with Gasteiger partial charge in [-0.05, 0) is 24.7 Å². The number of para-hydroxylation sites is 1. The maximum atomic E-state index is 9.85. The van der Waals surface area contributed by atoms with Gasteiger partial charge in [-0.15, -0.1) is 0 Å². The second-order valence-electron chi connectivity index (χ2n) is 4.84. The second-order valence-corrected chi connectivity index (χ2v) is 4.84. The number of piperazine rings is 1. The molecule has 4 heteroatoms. The zero-order chi connectivity index (χ0) is 12.5. The van der Waals surface area contributed by atoms with Crippen LogP contribution in [0.25, 0.3) is 10.9 Å². The molecule has 2 N–H and O–H groups in total. The maximum absolute atomic E-state index is 9.85. The number of nitrogens with zero attached hydrogens (tertiary/aromatic N) is 2. The summed E-state index contributed by atoms with van der Waals surface area (Å²) in [6, 6.07) is 7.91. The molecule has 3 rings (SSSR count). The van der Waals surface area contributed by atoms with Gasteiger partial charge in [0.25, 0.3) is 0 Å². The summed E-state index contributed by atoms with van der Waals surface area (Å²) >= 11 is 0. The third-order valence-corrected chi connectivity index (χ3v) is 3.54. The minimum Gasteiger partial charge on any atom is -0.506 e. The zero-order valence-electron chi connectivity index (χ0n) is 10.4. The van der Waals surface area contributed by atoms with E-state index in [0.29, 0.717) is 11.6 Å². The molecule has 0 saturated carbocycles. The van der Waals surface area contributed by atoms with Gasteiger partial charge in [0, 0.05) is 37.3 Å². The van der Waals surface area contributed by atoms with E-state index in [9.17, 15) is 5.11 Å². The van der Waals surface area contributed by atoms with E-state index < -0.39 is 0 Å². The number of pyridine rings is 1. The van der Waals surface area contributed by atoms with Crippen LogP contribution in [0.4, 0.5) is 0 Å². The Morgan fingerprint density at radius 2 is 2.28 bits per heavy atom. The standard InChI is InChI=1S/C14H17N3O/c1-17-8-7-15-12(9-17)10-5-6-16-14-11(10)3-2-4-13(14)18/h2-6,12,15,18H,7-9H2,1H3. The first kappa shape index (κ1) is 11.4. The molecule has 94 valence electrons. The lowest BCUT2D eigenvalue weighted by molar-refractivity contribution is 0.241. The van der Waals surface area contributed by atoms with Gasteiger partial charge in [0.1, 0.15) is 11.3 Å². The Bertz CT molecular complexity index is 570. The van der Waals surface area contributed by atoms with Gasteiger partial charge < -0.3 is 15.3 Å². The Labute approximate surface area is 106 Å². The lowest BCUT2D eigenvalue weighted by Crippen LogP contribution is -2.43. The van der Waals surface area contributed by atoms with Gasteiger partial charge >= 0.3 is 0 Å². The van der Waals surface area contributed by atoms with Crippen molar-refractivity contribution in [1.82, 2.24) is 15.2 Å². The Kier molecular flexibility index (Phi) is 2.89. The van der Waals surface area contributed by atoms with Crippen LogP contribution in [-0.2, 0) is 0 Å². The number of rotatable bonds is 1. The van der Waals surface area contributed by atoms with E-state index in [1.807, 2.05) is 18.2 Å². The van der Waals surface area contributed by atoms with Crippen molar-refractivity contribution in [2.45, 2.75) is 6.04 Å². The number of hydrogen-bond donors (Lipinski definition) is 2. The van der Waals surface area contributed by atoms with E-state index >= 15 is 0 Å². The molecular formula is C14H17N3O. The molecule has 4 nitrogen and oxygen atoms in total. The first-order chi connectivity index (χ1) is 8.75. The number of benzene rings is 1. The molecule has 1 aromatic heterocycles. The fourth-order valence-corrected chi connectivity index (χ4v) is 2.59. The molecule has 1 aliphatic heterocycles. The SMILES string of the molecule is CN1CCNC(c2ccnc3c(O)cccc23)C1. The molecule has 2 aromatic rings. The minimum absolute atomic E-state index is 0.249. The van der Waals surface area contributed by atoms with E-state index in [-0.39, 0.29) is 5.75 Å². The largest absolute Gasteiger partial charge is 0.506 e. The molecule has 0 spiro atoms. The molecule has 0 bridgehead atoms. The summed E-state index contributed by atoms with van der Waals surface area (Å²) in [6.07, 6.45) is 1.77. The summed E-state index contributed by atoms with van der Waals surface area (Å²) < 4.78 is 0. The number of phenolic OH excluding ortho intramolecular Hbond substituents is 1. The van der Waals surface area contributed by atoms with Crippen LogP contribution < -0.4 is 5.32 Å². The van der Waals surface area contributed by atoms with Gasteiger partial charge in [-0.3, -0.25) is 4.98 Å². The maximum Gasteiger partial charge on any atom is 0.141 e. The number of hydrogen-bond acceptors (Lipinski definition) is 4. The predicted octanol–water partition coefficient (Wildman–Crippen LogP) is 1.52. The number of aromatic nitrogens is 1. The number of likely N-dealkylation sites (N-methyl/N-ethyl adjacent to an activating group) is 1. The molecule has 1 fully saturated rings. The topological polar surface area (TPSA) is 48.4 Å². The van der Waals surface area contributed by atoms with Crippen LogP contribution in [-0.4, -0.2) is 41.7 Å². The zero-order valence-corrected chi connectivity index (χ0v) is 10.4. The highest BCUT2D eigenvalue weighted by molar-refractivity contribution is 5.87. The molecule has 1 unspecified atom stereocenters. The molecule has 1 saturated heterocycles. The van der Waals surface area contributed by atoms with Gasteiger partial charge in [0.2, 0.25) is 0 Å². The van der Waals surface area contributed by atoms with Crippen molar-refractivity contribution in [3.63, 3.8) is 0 Å². The summed E-state index contributed by atoms with van der Waals surface area (Å²) in [5.74, 6) is 0.249. The Morgan fingerprint density at radius 1 is 1.39 bits per heavy atom. The fraction of sp³-hybridized carbons (Fsp3) is 0.357. The van der Waals surface area contributed by atoms with Crippen LogP contribution in [0, 0.1) is 0 Å². The molecule has 0 aliphatic carbocycles. The molecule has 1 aliphatic rings. The van der Waals surface area contributed by atoms with Crippen molar-refractivity contribution in [2.24, 2.45) is 0 Å². The monoisotopic (exact) mass is 243 g/mol. The highest BCUT2D eigenvalue weighted by Gasteiger charge is 2.20. The number of nitrogens with one attached hydrogen (secondary N) is 1. The van der Waals surface area contributed by atoms with Crippen LogP contribution >= 0.6 is 0 Å². The van der Waals surface area contributed by atoms with Gasteiger partial charge in [-0.25, -0.2) is 0 Å². The third kappa shape index (κ3) is 1.94. The summed E-state index contributed by atoms with van der Waals surface area (Å²) in [4.78, 5) is 6.58. The lowest BCUT2D eigenvalue weighted by Gasteiger charge is -2.31. The normalized spacial score (nSPS) is 21.3. The summed E-state index contributed by atoms with van der Waals surface area (Å²) in [5, 5.41) is 14.4. The van der Waals surface area contributed by atoms with Crippen molar-refractivity contribution in [1.29, 1.82) is 0 Å². The second kappa shape index (κ2) is 4.55. The summed E-state index contributed by atoms with van der Waals surface area (Å²) in [7, 11) is 2.13. The molecule has 18 heavy (non-hydrogen) atoms. The predicted molar refractivity (Wildman–Crippen MR) is 71.6 cm³/mol. The molecule has 0 amide bonds. The Balaban J connectivity index is 2.09. The van der Waals surface area contributed by atoms with Crippen molar-refractivity contribution in [2.75, 3.05) is 26.7 Å². The van der Waals surface area contributed by atoms with Crippen molar-refractivity contribution in [3.05, 3.63) is 36.0 Å². The lowest BCUT2D eigenvalue weighted by atomic mass is 10.00. The van der Waals surface area contributed by atoms with Crippen molar-refractivity contribution < 1.29 is 5.11 Å². The first-order valence-electron chi connectivity index (χ1n) is 6.24. The van der Waals surface area contributed by atoms with Crippen LogP contribution in [0.5, 0.6) is 5.75 Å². The third-order valence-electron chi connectivity index (χ3n) is 3.54. The van der Waals surface area contributed by atoms with Gasteiger partial charge in [-0.1, -0.05) is 12.1 Å². The van der Waals surface area contributed by atoms with Crippen LogP contribution in [0.1, 0.15) is 11.6 Å². The van der Waals surface area contributed by atoms with E-state index in [1.165, 1.54) is 5.56 Å². The van der Waals surface area contributed by atoms with Crippen molar-refractivity contribution >= 4 is 10.9 Å². The van der Waals surface area contributed by atoms with Gasteiger partial charge in [0.05, 0.1) is 0 Å². The Hall–Kier alpha value is -1.65. The quantitative estimate of drug-likeness (QED) is 0.797. The van der Waals surface area contributed by atoms with E-state index in [2.05, 4.69) is 22.2 Å². The highest BCUT2D eigenvalue weighted by Crippen LogP contribution is 2.29. The molecule has 2 heterocycles. The fourth-order valence-electron chi connectivity index (χ4n) is 2.59. The number of aromatic hydroxyl groups is 1. The average Bonchev–Trinajstić information content (AvgIpc) is 2.39. The highest BCUT2D eigenvalue weighted by atomic mass is 16.3. The van der Waals surface area contributed by atoms with Crippen molar-refractivity contribution in [3.8, 4) is 5.75 Å². The average molecular weight is 243 g/mol. The van der Waals surface area contributed by atoms with Gasteiger partial charge in [-0.2, -0.15) is 0 Å². The molecule has 0 radical (unpaired) electrons. The number of fused-ring (bicyclic) bond motifs is 1. The minimum atomic E-state index is 0.249. The van der Waals surface area contributed by atoms with E-state index in [1.54, 1.807) is 12.3 Å². The van der Waals surface area contributed by atoms with E-state index in [4.69, 9.17) is 0 Å². The molecule has 1 aromatic carbocycles. The molecular weight excluding hydrogens is 226 g/mol. The van der Waals surface area contributed by atoms with Crippen LogP contribution in [0.2, 0.25) is 0 Å². The van der Waals surface area contributed by atoms with Crippen LogP contribution in [0.15, 0.2) is 30.5 Å².